The number of hydrogen-bond donors (Lipinski definition) is 2. The fourth-order valence-electron chi connectivity index (χ4n) is 2.84. The average molecular weight is 365 g/mol. The van der Waals surface area contributed by atoms with Crippen LogP contribution in [0.5, 0.6) is 0 Å². The molecular weight excluding hydrogens is 338 g/mol. The van der Waals surface area contributed by atoms with E-state index in [1.165, 1.54) is 11.3 Å². The summed E-state index contributed by atoms with van der Waals surface area (Å²) < 4.78 is 1.57. The van der Waals surface area contributed by atoms with E-state index in [0.717, 1.165) is 21.7 Å². The third kappa shape index (κ3) is 4.10. The molecule has 0 fully saturated rings. The van der Waals surface area contributed by atoms with Crippen molar-refractivity contribution in [2.75, 3.05) is 6.61 Å². The number of carbonyl (C=O) groups excluding carboxylic acids is 1. The molecule has 0 aliphatic rings. The SMILES string of the molecule is CCC(C)C(CO)NC(=O)CCn1c(C)nc2sc(C)c(C)c2c1=O. The molecule has 138 valence electrons. The van der Waals surface area contributed by atoms with E-state index in [0.29, 0.717) is 11.2 Å². The third-order valence-corrected chi connectivity index (χ3v) is 6.02. The van der Waals surface area contributed by atoms with Gasteiger partial charge in [0, 0.05) is 17.8 Å². The topological polar surface area (TPSA) is 84.2 Å². The Balaban J connectivity index is 2.17. The molecule has 0 aromatic carbocycles. The van der Waals surface area contributed by atoms with Gasteiger partial charge in [-0.05, 0) is 32.3 Å². The maximum Gasteiger partial charge on any atom is 0.262 e. The first-order valence-electron chi connectivity index (χ1n) is 8.67. The number of thiophene rings is 1. The number of hydrogen-bond acceptors (Lipinski definition) is 5. The van der Waals surface area contributed by atoms with Gasteiger partial charge in [0.2, 0.25) is 5.91 Å². The zero-order valence-electron chi connectivity index (χ0n) is 15.5. The molecule has 25 heavy (non-hydrogen) atoms. The molecular formula is C18H27N3O3S. The number of aliphatic hydroxyl groups excluding tert-OH is 1. The smallest absolute Gasteiger partial charge is 0.262 e. The monoisotopic (exact) mass is 365 g/mol. The minimum absolute atomic E-state index is 0.0827. The second kappa shape index (κ2) is 8.10. The molecule has 2 rings (SSSR count). The van der Waals surface area contributed by atoms with Gasteiger partial charge in [-0.3, -0.25) is 14.2 Å². The van der Waals surface area contributed by atoms with Crippen molar-refractivity contribution in [3.8, 4) is 0 Å². The second-order valence-corrected chi connectivity index (χ2v) is 7.77. The van der Waals surface area contributed by atoms with Crippen molar-refractivity contribution in [2.45, 2.75) is 60.0 Å². The summed E-state index contributed by atoms with van der Waals surface area (Å²) in [7, 11) is 0. The van der Waals surface area contributed by atoms with Crippen molar-refractivity contribution in [3.63, 3.8) is 0 Å². The number of rotatable bonds is 7. The maximum atomic E-state index is 12.8. The van der Waals surface area contributed by atoms with E-state index in [9.17, 15) is 14.7 Å². The second-order valence-electron chi connectivity index (χ2n) is 6.57. The zero-order valence-corrected chi connectivity index (χ0v) is 16.4. The van der Waals surface area contributed by atoms with E-state index in [2.05, 4.69) is 10.3 Å². The summed E-state index contributed by atoms with van der Waals surface area (Å²) in [6.45, 7) is 9.93. The van der Waals surface area contributed by atoms with Crippen molar-refractivity contribution in [3.05, 3.63) is 26.6 Å². The fourth-order valence-corrected chi connectivity index (χ4v) is 3.90. The molecule has 0 bridgehead atoms. The summed E-state index contributed by atoms with van der Waals surface area (Å²) >= 11 is 1.53. The van der Waals surface area contributed by atoms with Crippen LogP contribution in [0.1, 0.15) is 43.0 Å². The number of nitrogens with zero attached hydrogens (tertiary/aromatic N) is 2. The summed E-state index contributed by atoms with van der Waals surface area (Å²) in [4.78, 5) is 31.4. The Labute approximate surface area is 151 Å². The first kappa shape index (κ1) is 19.6. The van der Waals surface area contributed by atoms with Gasteiger partial charge >= 0.3 is 0 Å². The van der Waals surface area contributed by atoms with Crippen molar-refractivity contribution < 1.29 is 9.90 Å². The minimum atomic E-state index is -0.252. The van der Waals surface area contributed by atoms with Crippen molar-refractivity contribution in [2.24, 2.45) is 5.92 Å². The number of carbonyl (C=O) groups is 1. The van der Waals surface area contributed by atoms with Gasteiger partial charge in [-0.1, -0.05) is 20.3 Å². The fraction of sp³-hybridized carbons (Fsp3) is 0.611. The standard InChI is InChI=1S/C18H27N3O3S/c1-6-10(2)14(9-22)20-15(23)7-8-21-13(5)19-17-16(18(21)24)11(3)12(4)25-17/h10,14,22H,6-9H2,1-5H3,(H,20,23). The maximum absolute atomic E-state index is 12.8. The molecule has 0 saturated carbocycles. The van der Waals surface area contributed by atoms with E-state index in [1.807, 2.05) is 27.7 Å². The van der Waals surface area contributed by atoms with Gasteiger partial charge in [0.15, 0.2) is 0 Å². The van der Waals surface area contributed by atoms with Crippen LogP contribution in [0, 0.1) is 26.7 Å². The van der Waals surface area contributed by atoms with Crippen LogP contribution in [0.2, 0.25) is 0 Å². The normalized spacial score (nSPS) is 13.8. The lowest BCUT2D eigenvalue weighted by molar-refractivity contribution is -0.122. The molecule has 0 aliphatic heterocycles. The van der Waals surface area contributed by atoms with Gasteiger partial charge in [-0.15, -0.1) is 11.3 Å². The minimum Gasteiger partial charge on any atom is -0.394 e. The van der Waals surface area contributed by atoms with Gasteiger partial charge in [0.1, 0.15) is 10.7 Å². The molecule has 0 spiro atoms. The molecule has 2 atom stereocenters. The Morgan fingerprint density at radius 3 is 2.64 bits per heavy atom. The summed E-state index contributed by atoms with van der Waals surface area (Å²) in [5, 5.41) is 12.9. The quantitative estimate of drug-likeness (QED) is 0.788. The van der Waals surface area contributed by atoms with Crippen molar-refractivity contribution in [1.82, 2.24) is 14.9 Å². The third-order valence-electron chi connectivity index (χ3n) is 4.92. The number of fused-ring (bicyclic) bond motifs is 1. The molecule has 0 aliphatic carbocycles. The van der Waals surface area contributed by atoms with Crippen LogP contribution in [0.3, 0.4) is 0 Å². The van der Waals surface area contributed by atoms with Gasteiger partial charge in [0.25, 0.3) is 5.56 Å². The Morgan fingerprint density at radius 1 is 1.36 bits per heavy atom. The van der Waals surface area contributed by atoms with Crippen LogP contribution in [0.4, 0.5) is 0 Å². The van der Waals surface area contributed by atoms with Gasteiger partial charge in [-0.2, -0.15) is 0 Å². The van der Waals surface area contributed by atoms with Crippen LogP contribution in [-0.2, 0) is 11.3 Å². The highest BCUT2D eigenvalue weighted by Gasteiger charge is 2.18. The zero-order chi connectivity index (χ0) is 18.7. The average Bonchev–Trinajstić information content (AvgIpc) is 2.85. The van der Waals surface area contributed by atoms with E-state index < -0.39 is 0 Å². The molecule has 2 heterocycles. The van der Waals surface area contributed by atoms with Crippen LogP contribution in [-0.4, -0.2) is 33.2 Å². The summed E-state index contributed by atoms with van der Waals surface area (Å²) in [5.74, 6) is 0.656. The van der Waals surface area contributed by atoms with E-state index in [1.54, 1.807) is 11.5 Å². The van der Waals surface area contributed by atoms with Crippen LogP contribution in [0.25, 0.3) is 10.2 Å². The molecule has 2 aromatic heterocycles. The largest absolute Gasteiger partial charge is 0.394 e. The summed E-state index contributed by atoms with van der Waals surface area (Å²) in [6, 6.07) is -0.252. The lowest BCUT2D eigenvalue weighted by Gasteiger charge is -2.22. The highest BCUT2D eigenvalue weighted by atomic mass is 32.1. The first-order chi connectivity index (χ1) is 11.8. The van der Waals surface area contributed by atoms with E-state index in [-0.39, 0.29) is 43.0 Å². The molecule has 2 unspecified atom stereocenters. The van der Waals surface area contributed by atoms with Crippen LogP contribution in [0.15, 0.2) is 4.79 Å². The molecule has 1 amide bonds. The van der Waals surface area contributed by atoms with Gasteiger partial charge in [-0.25, -0.2) is 4.98 Å². The van der Waals surface area contributed by atoms with Crippen LogP contribution >= 0.6 is 11.3 Å². The highest BCUT2D eigenvalue weighted by Crippen LogP contribution is 2.26. The molecule has 7 heteroatoms. The Bertz CT molecular complexity index is 825. The number of amides is 1. The lowest BCUT2D eigenvalue weighted by Crippen LogP contribution is -2.42. The number of aromatic nitrogens is 2. The highest BCUT2D eigenvalue weighted by molar-refractivity contribution is 7.18. The molecule has 2 aromatic rings. The Hall–Kier alpha value is -1.73. The number of aryl methyl sites for hydroxylation is 3. The predicted octanol–water partition coefficient (Wildman–Crippen LogP) is 2.30. The van der Waals surface area contributed by atoms with Crippen LogP contribution < -0.4 is 10.9 Å². The van der Waals surface area contributed by atoms with E-state index >= 15 is 0 Å². The van der Waals surface area contributed by atoms with Gasteiger partial charge < -0.3 is 10.4 Å². The van der Waals surface area contributed by atoms with Crippen molar-refractivity contribution in [1.29, 1.82) is 0 Å². The number of aliphatic hydroxyl groups is 1. The predicted molar refractivity (Wildman–Crippen MR) is 101 cm³/mol. The molecule has 0 saturated heterocycles. The molecule has 0 radical (unpaired) electrons. The first-order valence-corrected chi connectivity index (χ1v) is 9.49. The molecule has 2 N–H and O–H groups in total. The van der Waals surface area contributed by atoms with Crippen molar-refractivity contribution >= 4 is 27.5 Å². The summed E-state index contributed by atoms with van der Waals surface area (Å²) in [5.41, 5.74) is 0.880. The lowest BCUT2D eigenvalue weighted by atomic mass is 10.00. The number of nitrogens with one attached hydrogen (secondary N) is 1. The molecule has 6 nitrogen and oxygen atoms in total. The summed E-state index contributed by atoms with van der Waals surface area (Å²) in [6.07, 6.45) is 1.06. The Kier molecular flexibility index (Phi) is 6.35. The van der Waals surface area contributed by atoms with Gasteiger partial charge in [0.05, 0.1) is 18.0 Å². The Morgan fingerprint density at radius 2 is 2.04 bits per heavy atom. The van der Waals surface area contributed by atoms with E-state index in [4.69, 9.17) is 0 Å².